The second-order valence-corrected chi connectivity index (χ2v) is 3.46. The summed E-state index contributed by atoms with van der Waals surface area (Å²) < 4.78 is 9.25. The van der Waals surface area contributed by atoms with Crippen LogP contribution in [0, 0.1) is 5.41 Å². The number of aldehydes is 1. The van der Waals surface area contributed by atoms with Gasteiger partial charge in [-0.2, -0.15) is 0 Å². The Morgan fingerprint density at radius 2 is 2.16 bits per heavy atom. The fourth-order valence-electron chi connectivity index (χ4n) is 1.34. The van der Waals surface area contributed by atoms with Gasteiger partial charge in [0.2, 0.25) is 5.55 Å². The minimum absolute atomic E-state index is 0.000741. The van der Waals surface area contributed by atoms with Crippen molar-refractivity contribution in [1.29, 1.82) is 5.41 Å². The Kier molecular flexibility index (Phi) is 5.43. The number of esters is 1. The molecule has 0 saturated carbocycles. The fraction of sp³-hybridized carbons (Fsp3) is 0.154. The topological polar surface area (TPSA) is 106 Å². The summed E-state index contributed by atoms with van der Waals surface area (Å²) in [4.78, 5) is 20.5. The van der Waals surface area contributed by atoms with Crippen LogP contribution in [0.25, 0.3) is 11.0 Å². The van der Waals surface area contributed by atoms with E-state index in [0.29, 0.717) is 11.1 Å². The second kappa shape index (κ2) is 7.07. The zero-order valence-electron chi connectivity index (χ0n) is 10.4. The van der Waals surface area contributed by atoms with Gasteiger partial charge in [-0.05, 0) is 6.07 Å². The summed E-state index contributed by atoms with van der Waals surface area (Å²) in [5, 5.41) is 8.04. The minimum Gasteiger partial charge on any atom is -0.468 e. The predicted octanol–water partition coefficient (Wildman–Crippen LogP) is 0.843. The van der Waals surface area contributed by atoms with Crippen LogP contribution in [0.1, 0.15) is 10.4 Å². The van der Waals surface area contributed by atoms with Crippen molar-refractivity contribution in [3.8, 4) is 0 Å². The van der Waals surface area contributed by atoms with E-state index in [1.165, 1.54) is 13.2 Å². The number of fused-ring (bicyclic) bond motifs is 1. The Balaban J connectivity index is 0.000000258. The van der Waals surface area contributed by atoms with Crippen LogP contribution < -0.4 is 11.3 Å². The molecule has 0 unspecified atom stereocenters. The van der Waals surface area contributed by atoms with Gasteiger partial charge in [-0.3, -0.25) is 15.0 Å². The van der Waals surface area contributed by atoms with Crippen molar-refractivity contribution in [1.82, 2.24) is 0 Å². The Hall–Kier alpha value is -2.47. The Morgan fingerprint density at radius 3 is 2.68 bits per heavy atom. The van der Waals surface area contributed by atoms with Gasteiger partial charge in [0, 0.05) is 17.0 Å². The van der Waals surface area contributed by atoms with Crippen LogP contribution in [-0.4, -0.2) is 25.9 Å². The van der Waals surface area contributed by atoms with Crippen molar-refractivity contribution in [2.75, 3.05) is 13.7 Å². The highest BCUT2D eigenvalue weighted by atomic mass is 16.5. The van der Waals surface area contributed by atoms with Gasteiger partial charge in [0.25, 0.3) is 0 Å². The number of nitrogens with one attached hydrogen (secondary N) is 1. The van der Waals surface area contributed by atoms with Crippen molar-refractivity contribution in [3.63, 3.8) is 0 Å². The molecule has 0 radical (unpaired) electrons. The molecule has 6 heteroatoms. The summed E-state index contributed by atoms with van der Waals surface area (Å²) in [7, 11) is 1.30. The molecule has 1 heterocycles. The number of carbonyl (C=O) groups is 2. The quantitative estimate of drug-likeness (QED) is 0.616. The molecule has 19 heavy (non-hydrogen) atoms. The van der Waals surface area contributed by atoms with Crippen LogP contribution in [0.15, 0.2) is 34.7 Å². The van der Waals surface area contributed by atoms with Crippen LogP contribution in [0.5, 0.6) is 0 Å². The van der Waals surface area contributed by atoms with Crippen LogP contribution in [0.2, 0.25) is 0 Å². The lowest BCUT2D eigenvalue weighted by Gasteiger charge is -1.97. The molecule has 0 fully saturated rings. The molecule has 0 atom stereocenters. The van der Waals surface area contributed by atoms with E-state index in [-0.39, 0.29) is 18.1 Å². The number of rotatable bonds is 2. The van der Waals surface area contributed by atoms with E-state index in [1.807, 2.05) is 6.07 Å². The summed E-state index contributed by atoms with van der Waals surface area (Å²) in [5.41, 5.74) is 5.87. The third-order valence-electron chi connectivity index (χ3n) is 2.23. The molecule has 0 spiro atoms. The summed E-state index contributed by atoms with van der Waals surface area (Å²) in [6.07, 6.45) is 0.732. The molecule has 6 nitrogen and oxygen atoms in total. The smallest absolute Gasteiger partial charge is 0.319 e. The third kappa shape index (κ3) is 4.04. The second-order valence-electron chi connectivity index (χ2n) is 3.46. The van der Waals surface area contributed by atoms with Gasteiger partial charge in [-0.25, -0.2) is 0 Å². The maximum Gasteiger partial charge on any atom is 0.319 e. The number of carbonyl (C=O) groups excluding carboxylic acids is 2. The molecule has 100 valence electrons. The average Bonchev–Trinajstić information content (AvgIpc) is 2.46. The molecule has 1 aromatic heterocycles. The van der Waals surface area contributed by atoms with Crippen molar-refractivity contribution in [2.45, 2.75) is 0 Å². The Labute approximate surface area is 109 Å². The normalized spacial score (nSPS) is 9.37. The highest BCUT2D eigenvalue weighted by Gasteiger charge is 2.00. The van der Waals surface area contributed by atoms with Gasteiger partial charge < -0.3 is 14.9 Å². The van der Waals surface area contributed by atoms with Crippen molar-refractivity contribution >= 4 is 23.2 Å². The van der Waals surface area contributed by atoms with Gasteiger partial charge in [0.15, 0.2) is 6.29 Å². The Bertz CT molecular complexity index is 628. The monoisotopic (exact) mass is 262 g/mol. The summed E-state index contributed by atoms with van der Waals surface area (Å²) in [5.74, 6) is -0.380. The first-order chi connectivity index (χ1) is 9.12. The van der Waals surface area contributed by atoms with Crippen molar-refractivity contribution in [2.24, 2.45) is 5.73 Å². The molecule has 2 rings (SSSR count). The van der Waals surface area contributed by atoms with Crippen LogP contribution in [-0.2, 0) is 9.53 Å². The highest BCUT2D eigenvalue weighted by molar-refractivity contribution is 5.94. The van der Waals surface area contributed by atoms with E-state index in [0.717, 1.165) is 11.7 Å². The summed E-state index contributed by atoms with van der Waals surface area (Å²) in [6.45, 7) is -0.0312. The molecule has 0 amide bonds. The lowest BCUT2D eigenvalue weighted by molar-refractivity contribution is -0.138. The average molecular weight is 262 g/mol. The molecule has 0 bridgehead atoms. The van der Waals surface area contributed by atoms with E-state index in [9.17, 15) is 9.59 Å². The largest absolute Gasteiger partial charge is 0.468 e. The SMILES string of the molecule is COC(=O)CN.N=c1cc(C=O)c2ccccc2o1. The molecular weight excluding hydrogens is 248 g/mol. The first-order valence-corrected chi connectivity index (χ1v) is 5.42. The van der Waals surface area contributed by atoms with Gasteiger partial charge in [-0.15, -0.1) is 0 Å². The van der Waals surface area contributed by atoms with Crippen LogP contribution in [0.4, 0.5) is 0 Å². The number of ether oxygens (including phenoxy) is 1. The maximum atomic E-state index is 10.6. The van der Waals surface area contributed by atoms with E-state index < -0.39 is 0 Å². The number of methoxy groups -OCH3 is 1. The lowest BCUT2D eigenvalue weighted by atomic mass is 10.1. The highest BCUT2D eigenvalue weighted by Crippen LogP contribution is 2.14. The lowest BCUT2D eigenvalue weighted by Crippen LogP contribution is -2.14. The molecule has 0 aliphatic heterocycles. The van der Waals surface area contributed by atoms with E-state index in [1.54, 1.807) is 18.2 Å². The number of hydrogen-bond acceptors (Lipinski definition) is 6. The van der Waals surface area contributed by atoms with E-state index in [2.05, 4.69) is 4.74 Å². The first-order valence-electron chi connectivity index (χ1n) is 5.42. The van der Waals surface area contributed by atoms with Gasteiger partial charge >= 0.3 is 5.97 Å². The standard InChI is InChI=1S/C10H7NO2.C3H7NO2/c11-10-5-7(6-12)8-3-1-2-4-9(8)13-10;1-6-3(5)2-4/h1-6,11H;2,4H2,1H3. The van der Waals surface area contributed by atoms with Crippen LogP contribution >= 0.6 is 0 Å². The zero-order valence-corrected chi connectivity index (χ0v) is 10.4. The van der Waals surface area contributed by atoms with Gasteiger partial charge in [0.1, 0.15) is 5.58 Å². The number of nitrogens with two attached hydrogens (primary N) is 1. The van der Waals surface area contributed by atoms with Crippen molar-refractivity contribution in [3.05, 3.63) is 41.4 Å². The molecule has 0 aliphatic rings. The summed E-state index contributed by atoms with van der Waals surface area (Å²) >= 11 is 0. The number of benzene rings is 1. The van der Waals surface area contributed by atoms with E-state index >= 15 is 0 Å². The third-order valence-corrected chi connectivity index (χ3v) is 2.23. The first kappa shape index (κ1) is 14.6. The number of para-hydroxylation sites is 1. The number of hydrogen-bond donors (Lipinski definition) is 2. The van der Waals surface area contributed by atoms with E-state index in [4.69, 9.17) is 15.6 Å². The minimum atomic E-state index is -0.380. The van der Waals surface area contributed by atoms with Gasteiger partial charge in [0.05, 0.1) is 13.7 Å². The summed E-state index contributed by atoms with van der Waals surface area (Å²) in [6, 6.07) is 8.58. The van der Waals surface area contributed by atoms with Gasteiger partial charge in [-0.1, -0.05) is 18.2 Å². The molecule has 0 aliphatic carbocycles. The molecule has 1 aromatic carbocycles. The Morgan fingerprint density at radius 1 is 1.47 bits per heavy atom. The maximum absolute atomic E-state index is 10.6. The molecular formula is C13H14N2O4. The fourth-order valence-corrected chi connectivity index (χ4v) is 1.34. The predicted molar refractivity (Wildman–Crippen MR) is 68.5 cm³/mol. The van der Waals surface area contributed by atoms with Crippen LogP contribution in [0.3, 0.4) is 0 Å². The zero-order chi connectivity index (χ0) is 14.3. The molecule has 3 N–H and O–H groups in total. The molecule has 0 saturated heterocycles. The van der Waals surface area contributed by atoms with Crippen molar-refractivity contribution < 1.29 is 18.7 Å². The molecule has 2 aromatic rings.